The van der Waals surface area contributed by atoms with Crippen LogP contribution in [0.1, 0.15) is 35.3 Å². The Labute approximate surface area is 113 Å². The maximum Gasteiger partial charge on any atom is 0.338 e. The molecule has 0 aromatic heterocycles. The van der Waals surface area contributed by atoms with E-state index in [0.29, 0.717) is 23.3 Å². The third-order valence-corrected chi connectivity index (χ3v) is 5.37. The van der Waals surface area contributed by atoms with E-state index in [4.69, 9.17) is 4.74 Å². The molecule has 1 aromatic carbocycles. The number of sulfone groups is 1. The second kappa shape index (κ2) is 4.81. The van der Waals surface area contributed by atoms with Crippen LogP contribution in [-0.2, 0) is 27.4 Å². The third-order valence-electron chi connectivity index (χ3n) is 3.40. The molecule has 0 atom stereocenters. The lowest BCUT2D eigenvalue weighted by atomic mass is 10.00. The van der Waals surface area contributed by atoms with Gasteiger partial charge in [0.2, 0.25) is 9.84 Å². The molecule has 0 aliphatic carbocycles. The van der Waals surface area contributed by atoms with Gasteiger partial charge in [0.15, 0.2) is 0 Å². The number of benzene rings is 1. The average Bonchev–Trinajstić information content (AvgIpc) is 2.41. The fraction of sp³-hybridized carbons (Fsp3) is 0.357. The summed E-state index contributed by atoms with van der Waals surface area (Å²) in [5.74, 6) is -0.498. The van der Waals surface area contributed by atoms with E-state index in [1.54, 1.807) is 19.1 Å². The van der Waals surface area contributed by atoms with Crippen LogP contribution in [0.2, 0.25) is 0 Å². The minimum absolute atomic E-state index is 0.227. The normalized spacial score (nSPS) is 16.5. The first-order valence-corrected chi connectivity index (χ1v) is 7.56. The highest BCUT2D eigenvalue weighted by Crippen LogP contribution is 2.31. The second-order valence-corrected chi connectivity index (χ2v) is 6.58. The number of carbonyl (C=O) groups excluding carboxylic acids is 1. The largest absolute Gasteiger partial charge is 0.465 e. The van der Waals surface area contributed by atoms with Gasteiger partial charge in [0, 0.05) is 4.91 Å². The number of rotatable bonds is 2. The van der Waals surface area contributed by atoms with Crippen molar-refractivity contribution in [1.82, 2.24) is 0 Å². The number of esters is 1. The SMILES string of the molecule is CCc1cc2c(cc1C(=O)OC)S(=O)(=O)C(C)=CC2. The standard InChI is InChI=1S/C14H16O4S/c1-4-10-7-11-6-5-9(2)19(16,17)13(11)8-12(10)14(15)18-3/h5,7-8H,4,6H2,1-3H3. The monoisotopic (exact) mass is 280 g/mol. The predicted octanol–water partition coefficient (Wildman–Crippen LogP) is 2.27. The van der Waals surface area contributed by atoms with E-state index in [1.807, 2.05) is 6.92 Å². The van der Waals surface area contributed by atoms with Gasteiger partial charge in [-0.15, -0.1) is 0 Å². The van der Waals surface area contributed by atoms with Gasteiger partial charge in [0.05, 0.1) is 17.6 Å². The molecule has 1 aliphatic rings. The highest BCUT2D eigenvalue weighted by atomic mass is 32.2. The summed E-state index contributed by atoms with van der Waals surface area (Å²) >= 11 is 0. The Morgan fingerprint density at radius 1 is 1.37 bits per heavy atom. The van der Waals surface area contributed by atoms with Gasteiger partial charge in [0.25, 0.3) is 0 Å². The molecule has 4 nitrogen and oxygen atoms in total. The molecule has 1 heterocycles. The molecule has 2 rings (SSSR count). The Morgan fingerprint density at radius 2 is 2.05 bits per heavy atom. The van der Waals surface area contributed by atoms with Gasteiger partial charge in [-0.3, -0.25) is 0 Å². The van der Waals surface area contributed by atoms with Crippen LogP contribution in [0, 0.1) is 0 Å². The first-order valence-electron chi connectivity index (χ1n) is 6.07. The lowest BCUT2D eigenvalue weighted by Gasteiger charge is -2.18. The first kappa shape index (κ1) is 13.8. The van der Waals surface area contributed by atoms with Gasteiger partial charge in [0.1, 0.15) is 0 Å². The molecule has 0 spiro atoms. The van der Waals surface area contributed by atoms with Crippen molar-refractivity contribution in [2.24, 2.45) is 0 Å². The van der Waals surface area contributed by atoms with Gasteiger partial charge >= 0.3 is 5.97 Å². The van der Waals surface area contributed by atoms with E-state index in [0.717, 1.165) is 11.1 Å². The molecule has 0 radical (unpaired) electrons. The predicted molar refractivity (Wildman–Crippen MR) is 71.8 cm³/mol. The zero-order chi connectivity index (χ0) is 14.2. The molecule has 0 N–H and O–H groups in total. The minimum Gasteiger partial charge on any atom is -0.465 e. The molecule has 0 saturated carbocycles. The second-order valence-electron chi connectivity index (χ2n) is 4.48. The minimum atomic E-state index is -3.46. The lowest BCUT2D eigenvalue weighted by molar-refractivity contribution is 0.0599. The fourth-order valence-electron chi connectivity index (χ4n) is 2.21. The van der Waals surface area contributed by atoms with Crippen LogP contribution >= 0.6 is 0 Å². The zero-order valence-corrected chi connectivity index (χ0v) is 12.0. The van der Waals surface area contributed by atoms with E-state index >= 15 is 0 Å². The molecule has 5 heteroatoms. The topological polar surface area (TPSA) is 60.4 Å². The number of allylic oxidation sites excluding steroid dienone is 2. The molecular weight excluding hydrogens is 264 g/mol. The van der Waals surface area contributed by atoms with Crippen molar-refractivity contribution in [2.75, 3.05) is 7.11 Å². The van der Waals surface area contributed by atoms with Crippen molar-refractivity contribution in [3.8, 4) is 0 Å². The average molecular weight is 280 g/mol. The molecule has 1 aliphatic heterocycles. The van der Waals surface area contributed by atoms with E-state index < -0.39 is 15.8 Å². The Kier molecular flexibility index (Phi) is 3.49. The van der Waals surface area contributed by atoms with Crippen molar-refractivity contribution < 1.29 is 17.9 Å². The van der Waals surface area contributed by atoms with Crippen LogP contribution in [0.5, 0.6) is 0 Å². The van der Waals surface area contributed by atoms with Gasteiger partial charge in [-0.1, -0.05) is 19.1 Å². The molecule has 0 bridgehead atoms. The quantitative estimate of drug-likeness (QED) is 0.780. The number of carbonyl (C=O) groups is 1. The van der Waals surface area contributed by atoms with Crippen LogP contribution in [0.25, 0.3) is 0 Å². The molecule has 0 unspecified atom stereocenters. The summed E-state index contributed by atoms with van der Waals surface area (Å²) in [7, 11) is -2.16. The number of methoxy groups -OCH3 is 1. The van der Waals surface area contributed by atoms with E-state index in [1.165, 1.54) is 13.2 Å². The molecule has 102 valence electrons. The third kappa shape index (κ3) is 2.18. The Morgan fingerprint density at radius 3 is 2.63 bits per heavy atom. The number of hydrogen-bond acceptors (Lipinski definition) is 4. The van der Waals surface area contributed by atoms with Crippen LogP contribution in [-0.4, -0.2) is 21.5 Å². The molecule has 0 amide bonds. The van der Waals surface area contributed by atoms with Crippen molar-refractivity contribution in [3.05, 3.63) is 39.8 Å². The fourth-order valence-corrected chi connectivity index (χ4v) is 3.62. The number of aryl methyl sites for hydroxylation is 1. The Balaban J connectivity index is 2.71. The van der Waals surface area contributed by atoms with E-state index in [-0.39, 0.29) is 4.90 Å². The van der Waals surface area contributed by atoms with Crippen LogP contribution in [0.15, 0.2) is 28.0 Å². The molecule has 0 saturated heterocycles. The maximum absolute atomic E-state index is 12.2. The summed E-state index contributed by atoms with van der Waals surface area (Å²) in [5.41, 5.74) is 1.89. The lowest BCUT2D eigenvalue weighted by Crippen LogP contribution is -2.15. The number of fused-ring (bicyclic) bond motifs is 1. The molecule has 1 aromatic rings. The van der Waals surface area contributed by atoms with Crippen molar-refractivity contribution in [3.63, 3.8) is 0 Å². The van der Waals surface area contributed by atoms with Gasteiger partial charge < -0.3 is 4.74 Å². The summed E-state index contributed by atoms with van der Waals surface area (Å²) in [4.78, 5) is 12.3. The number of ether oxygens (including phenoxy) is 1. The summed E-state index contributed by atoms with van der Waals surface area (Å²) in [6.45, 7) is 3.50. The summed E-state index contributed by atoms with van der Waals surface area (Å²) < 4.78 is 29.2. The Hall–Kier alpha value is -1.62. The van der Waals surface area contributed by atoms with Gasteiger partial charge in [-0.25, -0.2) is 13.2 Å². The van der Waals surface area contributed by atoms with Gasteiger partial charge in [-0.05, 0) is 37.0 Å². The first-order chi connectivity index (χ1) is 8.91. The van der Waals surface area contributed by atoms with Crippen LogP contribution in [0.4, 0.5) is 0 Å². The number of hydrogen-bond donors (Lipinski definition) is 0. The maximum atomic E-state index is 12.2. The van der Waals surface area contributed by atoms with E-state index in [9.17, 15) is 13.2 Å². The molecule has 19 heavy (non-hydrogen) atoms. The smallest absolute Gasteiger partial charge is 0.338 e. The van der Waals surface area contributed by atoms with Crippen LogP contribution in [0.3, 0.4) is 0 Å². The van der Waals surface area contributed by atoms with Crippen molar-refractivity contribution >= 4 is 15.8 Å². The highest BCUT2D eigenvalue weighted by Gasteiger charge is 2.27. The van der Waals surface area contributed by atoms with Crippen LogP contribution < -0.4 is 0 Å². The summed E-state index contributed by atoms with van der Waals surface area (Å²) in [6, 6.07) is 3.24. The highest BCUT2D eigenvalue weighted by molar-refractivity contribution is 7.95. The van der Waals surface area contributed by atoms with Crippen molar-refractivity contribution in [1.29, 1.82) is 0 Å². The summed E-state index contributed by atoms with van der Waals surface area (Å²) in [6.07, 6.45) is 2.93. The summed E-state index contributed by atoms with van der Waals surface area (Å²) in [5, 5.41) is 0. The molecular formula is C14H16O4S. The van der Waals surface area contributed by atoms with Crippen molar-refractivity contribution in [2.45, 2.75) is 31.6 Å². The molecule has 0 fully saturated rings. The zero-order valence-electron chi connectivity index (χ0n) is 11.2. The van der Waals surface area contributed by atoms with Gasteiger partial charge in [-0.2, -0.15) is 0 Å². The van der Waals surface area contributed by atoms with E-state index in [2.05, 4.69) is 0 Å². The Bertz CT molecular complexity index is 669.